The Morgan fingerprint density at radius 1 is 1.50 bits per heavy atom. The van der Waals surface area contributed by atoms with Crippen LogP contribution in [0.3, 0.4) is 0 Å². The topological polar surface area (TPSA) is 108 Å². The molecule has 0 radical (unpaired) electrons. The lowest BCUT2D eigenvalue weighted by Gasteiger charge is -2.15. The summed E-state index contributed by atoms with van der Waals surface area (Å²) < 4.78 is 31.7. The average Bonchev–Trinajstić information content (AvgIpc) is 2.71. The molecule has 2 N–H and O–H groups in total. The van der Waals surface area contributed by atoms with Crippen LogP contribution in [-0.4, -0.2) is 48.7 Å². The van der Waals surface area contributed by atoms with Gasteiger partial charge in [0.05, 0.1) is 6.61 Å². The maximum atomic E-state index is 12.3. The molecule has 20 heavy (non-hydrogen) atoms. The molecule has 0 aromatic carbocycles. The van der Waals surface area contributed by atoms with Crippen molar-refractivity contribution in [2.45, 2.75) is 31.7 Å². The van der Waals surface area contributed by atoms with Gasteiger partial charge in [0.25, 0.3) is 0 Å². The molecule has 1 aromatic rings. The highest BCUT2D eigenvalue weighted by Crippen LogP contribution is 2.20. The molecule has 0 atom stereocenters. The zero-order valence-electron chi connectivity index (χ0n) is 11.9. The van der Waals surface area contributed by atoms with E-state index in [2.05, 4.69) is 5.10 Å². The van der Waals surface area contributed by atoms with Crippen molar-refractivity contribution in [3.05, 3.63) is 6.20 Å². The Balaban J connectivity index is 2.95. The SMILES string of the molecule is CCCn1cc(S(=O)(=O)N(C)CC(=O)OCC)c(N)n1. The average molecular weight is 304 g/mol. The number of anilines is 1. The monoisotopic (exact) mass is 304 g/mol. The Morgan fingerprint density at radius 2 is 2.15 bits per heavy atom. The lowest BCUT2D eigenvalue weighted by atomic mass is 10.5. The molecular weight excluding hydrogens is 284 g/mol. The minimum absolute atomic E-state index is 0.0749. The molecule has 0 saturated carbocycles. The van der Waals surface area contributed by atoms with Crippen LogP contribution in [0.25, 0.3) is 0 Å². The number of nitrogens with two attached hydrogens (primary N) is 1. The zero-order valence-corrected chi connectivity index (χ0v) is 12.7. The number of nitrogen functional groups attached to an aromatic ring is 1. The van der Waals surface area contributed by atoms with Crippen LogP contribution in [0.15, 0.2) is 11.1 Å². The summed E-state index contributed by atoms with van der Waals surface area (Å²) in [5.74, 6) is -0.688. The summed E-state index contributed by atoms with van der Waals surface area (Å²) in [6, 6.07) is 0. The van der Waals surface area contributed by atoms with Gasteiger partial charge < -0.3 is 10.5 Å². The van der Waals surface area contributed by atoms with Crippen molar-refractivity contribution in [3.8, 4) is 0 Å². The molecular formula is C11H20N4O4S. The maximum Gasteiger partial charge on any atom is 0.321 e. The van der Waals surface area contributed by atoms with Gasteiger partial charge in [0.15, 0.2) is 5.82 Å². The van der Waals surface area contributed by atoms with Crippen LogP contribution in [0, 0.1) is 0 Å². The molecule has 1 rings (SSSR count). The summed E-state index contributed by atoms with van der Waals surface area (Å²) >= 11 is 0. The predicted octanol–water partition coefficient (Wildman–Crippen LogP) is 0.0589. The number of aryl methyl sites for hydroxylation is 1. The summed E-state index contributed by atoms with van der Waals surface area (Å²) in [6.07, 6.45) is 2.18. The van der Waals surface area contributed by atoms with Gasteiger partial charge in [-0.15, -0.1) is 0 Å². The van der Waals surface area contributed by atoms with Crippen LogP contribution in [-0.2, 0) is 26.1 Å². The highest BCUT2D eigenvalue weighted by atomic mass is 32.2. The van der Waals surface area contributed by atoms with Crippen LogP contribution in [0.4, 0.5) is 5.82 Å². The lowest BCUT2D eigenvalue weighted by Crippen LogP contribution is -2.33. The molecule has 0 aliphatic heterocycles. The van der Waals surface area contributed by atoms with Crippen molar-refractivity contribution in [3.63, 3.8) is 0 Å². The second-order valence-electron chi connectivity index (χ2n) is 4.21. The summed E-state index contributed by atoms with van der Waals surface area (Å²) in [7, 11) is -2.56. The first kappa shape index (κ1) is 16.4. The van der Waals surface area contributed by atoms with Gasteiger partial charge in [0.2, 0.25) is 10.0 Å². The number of sulfonamides is 1. The van der Waals surface area contributed by atoms with Gasteiger partial charge in [0, 0.05) is 19.8 Å². The number of hydrogen-bond donors (Lipinski definition) is 1. The smallest absolute Gasteiger partial charge is 0.321 e. The summed E-state index contributed by atoms with van der Waals surface area (Å²) in [6.45, 7) is 4.00. The number of likely N-dealkylation sites (N-methyl/N-ethyl adjacent to an activating group) is 1. The highest BCUT2D eigenvalue weighted by Gasteiger charge is 2.27. The molecule has 0 unspecified atom stereocenters. The second-order valence-corrected chi connectivity index (χ2v) is 6.22. The lowest BCUT2D eigenvalue weighted by molar-refractivity contribution is -0.143. The number of hydrogen-bond acceptors (Lipinski definition) is 6. The van der Waals surface area contributed by atoms with E-state index in [1.165, 1.54) is 17.9 Å². The summed E-state index contributed by atoms with van der Waals surface area (Å²) in [5.41, 5.74) is 5.63. The zero-order chi connectivity index (χ0) is 15.3. The van der Waals surface area contributed by atoms with Gasteiger partial charge in [-0.2, -0.15) is 9.40 Å². The predicted molar refractivity (Wildman–Crippen MR) is 73.4 cm³/mol. The Morgan fingerprint density at radius 3 is 2.70 bits per heavy atom. The quantitative estimate of drug-likeness (QED) is 0.714. The van der Waals surface area contributed by atoms with E-state index in [0.717, 1.165) is 10.7 Å². The number of ether oxygens (including phenoxy) is 1. The Labute approximate surface area is 118 Å². The van der Waals surface area contributed by atoms with Crippen molar-refractivity contribution in [2.75, 3.05) is 25.9 Å². The summed E-state index contributed by atoms with van der Waals surface area (Å²) in [4.78, 5) is 11.2. The van der Waals surface area contributed by atoms with Crippen molar-refractivity contribution < 1.29 is 17.9 Å². The standard InChI is InChI=1S/C11H20N4O4S/c1-4-6-15-7-9(11(12)13-15)20(17,18)14(3)8-10(16)19-5-2/h7H,4-6,8H2,1-3H3,(H2,12,13). The van der Waals surface area contributed by atoms with Crippen molar-refractivity contribution in [2.24, 2.45) is 0 Å². The molecule has 1 heterocycles. The molecule has 0 aliphatic rings. The highest BCUT2D eigenvalue weighted by molar-refractivity contribution is 7.89. The van der Waals surface area contributed by atoms with Crippen LogP contribution < -0.4 is 5.73 Å². The van der Waals surface area contributed by atoms with E-state index in [1.54, 1.807) is 6.92 Å². The van der Waals surface area contributed by atoms with E-state index < -0.39 is 16.0 Å². The second kappa shape index (κ2) is 6.71. The van der Waals surface area contributed by atoms with Gasteiger partial charge in [-0.25, -0.2) is 8.42 Å². The Hall–Kier alpha value is -1.61. The van der Waals surface area contributed by atoms with Gasteiger partial charge in [0.1, 0.15) is 11.4 Å². The number of carbonyl (C=O) groups excluding carboxylic acids is 1. The molecule has 0 amide bonds. The fourth-order valence-electron chi connectivity index (χ4n) is 1.60. The molecule has 0 fully saturated rings. The normalized spacial score (nSPS) is 11.8. The van der Waals surface area contributed by atoms with Crippen LogP contribution >= 0.6 is 0 Å². The third-order valence-corrected chi connectivity index (χ3v) is 4.37. The number of nitrogens with zero attached hydrogens (tertiary/aromatic N) is 3. The van der Waals surface area contributed by atoms with Crippen molar-refractivity contribution >= 4 is 21.8 Å². The molecule has 1 aromatic heterocycles. The fourth-order valence-corrected chi connectivity index (χ4v) is 2.77. The Bertz CT molecular complexity index is 567. The van der Waals surface area contributed by atoms with E-state index in [4.69, 9.17) is 10.5 Å². The first-order chi connectivity index (χ1) is 9.32. The fraction of sp³-hybridized carbons (Fsp3) is 0.636. The van der Waals surface area contributed by atoms with Gasteiger partial charge in [-0.1, -0.05) is 6.92 Å². The van der Waals surface area contributed by atoms with Gasteiger partial charge in [-0.05, 0) is 13.3 Å². The largest absolute Gasteiger partial charge is 0.465 e. The van der Waals surface area contributed by atoms with Crippen molar-refractivity contribution in [1.29, 1.82) is 0 Å². The maximum absolute atomic E-state index is 12.3. The molecule has 0 aliphatic carbocycles. The van der Waals surface area contributed by atoms with Crippen LogP contribution in [0.5, 0.6) is 0 Å². The minimum atomic E-state index is -3.86. The number of rotatable bonds is 7. The number of aromatic nitrogens is 2. The first-order valence-electron chi connectivity index (χ1n) is 6.27. The summed E-state index contributed by atoms with van der Waals surface area (Å²) in [5, 5.41) is 3.94. The molecule has 114 valence electrons. The van der Waals surface area contributed by atoms with E-state index in [0.29, 0.717) is 6.54 Å². The van der Waals surface area contributed by atoms with Crippen molar-refractivity contribution in [1.82, 2.24) is 14.1 Å². The van der Waals surface area contributed by atoms with Crippen LogP contribution in [0.1, 0.15) is 20.3 Å². The van der Waals surface area contributed by atoms with E-state index in [1.807, 2.05) is 6.92 Å². The molecule has 0 spiro atoms. The number of esters is 1. The van der Waals surface area contributed by atoms with E-state index in [-0.39, 0.29) is 23.9 Å². The third kappa shape index (κ3) is 3.70. The third-order valence-electron chi connectivity index (χ3n) is 2.55. The molecule has 9 heteroatoms. The van der Waals surface area contributed by atoms with Gasteiger partial charge in [-0.3, -0.25) is 9.48 Å². The number of carbonyl (C=O) groups is 1. The molecule has 0 bridgehead atoms. The van der Waals surface area contributed by atoms with Crippen LogP contribution in [0.2, 0.25) is 0 Å². The van der Waals surface area contributed by atoms with E-state index in [9.17, 15) is 13.2 Å². The van der Waals surface area contributed by atoms with E-state index >= 15 is 0 Å². The first-order valence-corrected chi connectivity index (χ1v) is 7.71. The minimum Gasteiger partial charge on any atom is -0.465 e. The van der Waals surface area contributed by atoms with Gasteiger partial charge >= 0.3 is 5.97 Å². The Kier molecular flexibility index (Phi) is 5.52. The molecule has 0 saturated heterocycles. The molecule has 8 nitrogen and oxygen atoms in total.